The maximum atomic E-state index is 13.7. The Kier molecular flexibility index (Phi) is 4.01. The molecule has 0 amide bonds. The summed E-state index contributed by atoms with van der Waals surface area (Å²) in [7, 11) is -3.81. The highest BCUT2D eigenvalue weighted by Crippen LogP contribution is 2.25. The molecule has 0 radical (unpaired) electrons. The van der Waals surface area contributed by atoms with Gasteiger partial charge >= 0.3 is 0 Å². The van der Waals surface area contributed by atoms with Gasteiger partial charge in [0.05, 0.1) is 5.75 Å². The first-order valence-electron chi connectivity index (χ1n) is 5.82. The van der Waals surface area contributed by atoms with Crippen molar-refractivity contribution in [2.45, 2.75) is 17.6 Å². The van der Waals surface area contributed by atoms with Gasteiger partial charge in [-0.3, -0.25) is 0 Å². The summed E-state index contributed by atoms with van der Waals surface area (Å²) in [6, 6.07) is 8.57. The Balaban J connectivity index is 2.41. The number of hydrogen-bond donors (Lipinski definition) is 1. The Labute approximate surface area is 122 Å². The lowest BCUT2D eigenvalue weighted by Crippen LogP contribution is -2.08. The van der Waals surface area contributed by atoms with E-state index >= 15 is 0 Å². The minimum Gasteiger partial charge on any atom is -0.399 e. The SMILES string of the molecule is Cc1ccc(CS(=O)(=O)c2ccc(N)cc2F)c(Cl)c1. The van der Waals surface area contributed by atoms with Crippen molar-refractivity contribution in [1.29, 1.82) is 0 Å². The highest BCUT2D eigenvalue weighted by Gasteiger charge is 2.21. The van der Waals surface area contributed by atoms with E-state index in [2.05, 4.69) is 0 Å². The van der Waals surface area contributed by atoms with Crippen LogP contribution in [0.5, 0.6) is 0 Å². The molecule has 2 N–H and O–H groups in total. The van der Waals surface area contributed by atoms with Gasteiger partial charge in [-0.15, -0.1) is 0 Å². The van der Waals surface area contributed by atoms with Crippen molar-refractivity contribution in [3.63, 3.8) is 0 Å². The molecule has 0 unspecified atom stereocenters. The summed E-state index contributed by atoms with van der Waals surface area (Å²) >= 11 is 6.01. The van der Waals surface area contributed by atoms with Crippen molar-refractivity contribution in [3.05, 3.63) is 58.4 Å². The van der Waals surface area contributed by atoms with E-state index in [9.17, 15) is 12.8 Å². The second-order valence-corrected chi connectivity index (χ2v) is 6.91. The number of sulfone groups is 1. The van der Waals surface area contributed by atoms with Crippen LogP contribution in [0, 0.1) is 12.7 Å². The zero-order valence-corrected chi connectivity index (χ0v) is 12.3. The van der Waals surface area contributed by atoms with Gasteiger partial charge in [0.15, 0.2) is 9.84 Å². The van der Waals surface area contributed by atoms with E-state index in [1.165, 1.54) is 12.1 Å². The highest BCUT2D eigenvalue weighted by molar-refractivity contribution is 7.90. The molecule has 0 atom stereocenters. The molecule has 6 heteroatoms. The van der Waals surface area contributed by atoms with Crippen molar-refractivity contribution < 1.29 is 12.8 Å². The summed E-state index contributed by atoms with van der Waals surface area (Å²) in [6.45, 7) is 1.85. The molecule has 106 valence electrons. The normalized spacial score (nSPS) is 11.6. The standard InChI is InChI=1S/C14H13ClFNO2S/c1-9-2-3-10(12(15)6-9)8-20(18,19)14-5-4-11(17)7-13(14)16/h2-7H,8,17H2,1H3. The Hall–Kier alpha value is -1.59. The van der Waals surface area contributed by atoms with Crippen LogP contribution in [-0.4, -0.2) is 8.42 Å². The first kappa shape index (κ1) is 14.8. The van der Waals surface area contributed by atoms with Gasteiger partial charge in [0.1, 0.15) is 10.7 Å². The van der Waals surface area contributed by atoms with E-state index in [1.54, 1.807) is 18.2 Å². The van der Waals surface area contributed by atoms with Gasteiger partial charge in [-0.2, -0.15) is 0 Å². The maximum absolute atomic E-state index is 13.7. The number of nitrogen functional groups attached to an aromatic ring is 1. The van der Waals surface area contributed by atoms with Crippen LogP contribution in [0.25, 0.3) is 0 Å². The molecule has 2 rings (SSSR count). The number of anilines is 1. The average Bonchev–Trinajstić information content (AvgIpc) is 2.32. The third-order valence-electron chi connectivity index (χ3n) is 2.85. The molecule has 0 saturated carbocycles. The van der Waals surface area contributed by atoms with Gasteiger partial charge in [-0.05, 0) is 42.3 Å². The van der Waals surface area contributed by atoms with Gasteiger partial charge in [0, 0.05) is 10.7 Å². The zero-order valence-electron chi connectivity index (χ0n) is 10.7. The van der Waals surface area contributed by atoms with Crippen molar-refractivity contribution in [2.24, 2.45) is 0 Å². The number of rotatable bonds is 3. The van der Waals surface area contributed by atoms with Crippen LogP contribution in [0.1, 0.15) is 11.1 Å². The minimum atomic E-state index is -3.81. The van der Waals surface area contributed by atoms with Crippen LogP contribution in [0.2, 0.25) is 5.02 Å². The second kappa shape index (κ2) is 5.42. The molecule has 0 aromatic heterocycles. The molecule has 20 heavy (non-hydrogen) atoms. The third kappa shape index (κ3) is 3.11. The summed E-state index contributed by atoms with van der Waals surface area (Å²) in [5, 5.41) is 0.351. The van der Waals surface area contributed by atoms with Crippen LogP contribution in [-0.2, 0) is 15.6 Å². The molecule has 2 aromatic rings. The molecule has 0 spiro atoms. The van der Waals surface area contributed by atoms with Crippen molar-refractivity contribution in [1.82, 2.24) is 0 Å². The molecule has 0 aliphatic rings. The predicted octanol–water partition coefficient (Wildman–Crippen LogP) is 3.34. The second-order valence-electron chi connectivity index (χ2n) is 4.54. The van der Waals surface area contributed by atoms with Crippen molar-refractivity contribution in [2.75, 3.05) is 5.73 Å². The fraction of sp³-hybridized carbons (Fsp3) is 0.143. The number of aryl methyl sites for hydroxylation is 1. The lowest BCUT2D eigenvalue weighted by atomic mass is 10.2. The number of halogens is 2. The molecule has 0 fully saturated rings. The Morgan fingerprint density at radius 3 is 2.50 bits per heavy atom. The van der Waals surface area contributed by atoms with Gasteiger partial charge in [0.2, 0.25) is 0 Å². The molecule has 0 aliphatic heterocycles. The lowest BCUT2D eigenvalue weighted by Gasteiger charge is -2.08. The molecular formula is C14H13ClFNO2S. The summed E-state index contributed by atoms with van der Waals surface area (Å²) in [4.78, 5) is -0.372. The van der Waals surface area contributed by atoms with Crippen molar-refractivity contribution in [3.8, 4) is 0 Å². The van der Waals surface area contributed by atoms with E-state index in [4.69, 9.17) is 17.3 Å². The molecule has 0 heterocycles. The number of nitrogens with two attached hydrogens (primary N) is 1. The van der Waals surface area contributed by atoms with Crippen LogP contribution in [0.4, 0.5) is 10.1 Å². The summed E-state index contributed by atoms with van der Waals surface area (Å²) in [5.41, 5.74) is 6.95. The van der Waals surface area contributed by atoms with Crippen LogP contribution >= 0.6 is 11.6 Å². The quantitative estimate of drug-likeness (QED) is 0.884. The fourth-order valence-corrected chi connectivity index (χ4v) is 3.65. The molecule has 3 nitrogen and oxygen atoms in total. The first-order valence-corrected chi connectivity index (χ1v) is 7.85. The van der Waals surface area contributed by atoms with E-state index in [1.807, 2.05) is 6.92 Å². The maximum Gasteiger partial charge on any atom is 0.185 e. The highest BCUT2D eigenvalue weighted by atomic mass is 35.5. The minimum absolute atomic E-state index is 0.176. The van der Waals surface area contributed by atoms with Crippen LogP contribution < -0.4 is 5.73 Å². The van der Waals surface area contributed by atoms with E-state index in [0.717, 1.165) is 11.6 Å². The molecule has 2 aromatic carbocycles. The molecular weight excluding hydrogens is 301 g/mol. The molecule has 0 saturated heterocycles. The largest absolute Gasteiger partial charge is 0.399 e. The molecule has 0 bridgehead atoms. The van der Waals surface area contributed by atoms with Gasteiger partial charge in [-0.25, -0.2) is 12.8 Å². The van der Waals surface area contributed by atoms with Crippen LogP contribution in [0.15, 0.2) is 41.3 Å². The van der Waals surface area contributed by atoms with Gasteiger partial charge in [0.25, 0.3) is 0 Å². The Morgan fingerprint density at radius 1 is 1.20 bits per heavy atom. The average molecular weight is 314 g/mol. The Bertz CT molecular complexity index is 760. The number of benzene rings is 2. The van der Waals surface area contributed by atoms with Gasteiger partial charge in [-0.1, -0.05) is 23.7 Å². The predicted molar refractivity (Wildman–Crippen MR) is 77.9 cm³/mol. The van der Waals surface area contributed by atoms with Crippen LogP contribution in [0.3, 0.4) is 0 Å². The summed E-state index contributed by atoms with van der Waals surface area (Å²) in [6.07, 6.45) is 0. The van der Waals surface area contributed by atoms with E-state index in [0.29, 0.717) is 10.6 Å². The van der Waals surface area contributed by atoms with Gasteiger partial charge < -0.3 is 5.73 Å². The van der Waals surface area contributed by atoms with E-state index in [-0.39, 0.29) is 16.3 Å². The monoisotopic (exact) mass is 313 g/mol. The zero-order chi connectivity index (χ0) is 14.9. The topological polar surface area (TPSA) is 60.2 Å². The molecule has 0 aliphatic carbocycles. The lowest BCUT2D eigenvalue weighted by molar-refractivity contribution is 0.567. The Morgan fingerprint density at radius 2 is 1.90 bits per heavy atom. The fourth-order valence-electron chi connectivity index (χ4n) is 1.82. The van der Waals surface area contributed by atoms with E-state index < -0.39 is 15.7 Å². The first-order chi connectivity index (χ1) is 9.29. The van der Waals surface area contributed by atoms with Crippen molar-refractivity contribution >= 4 is 27.1 Å². The summed E-state index contributed by atoms with van der Waals surface area (Å²) < 4.78 is 38.2. The smallest absolute Gasteiger partial charge is 0.185 e. The number of hydrogen-bond acceptors (Lipinski definition) is 3. The summed E-state index contributed by atoms with van der Waals surface area (Å²) in [5.74, 6) is -1.21. The third-order valence-corrected chi connectivity index (χ3v) is 4.89.